The molecule has 2 N–H and O–H groups in total. The van der Waals surface area contributed by atoms with Crippen LogP contribution in [0, 0.1) is 3.57 Å². The van der Waals surface area contributed by atoms with Crippen molar-refractivity contribution in [2.75, 3.05) is 5.73 Å². The number of anilines is 1. The van der Waals surface area contributed by atoms with Gasteiger partial charge in [0.2, 0.25) is 0 Å². The maximum absolute atomic E-state index is 6.13. The molecule has 2 saturated carbocycles. The van der Waals surface area contributed by atoms with Crippen LogP contribution in [0.1, 0.15) is 48.7 Å². The van der Waals surface area contributed by atoms with E-state index in [4.69, 9.17) is 10.7 Å². The predicted octanol–water partition coefficient (Wildman–Crippen LogP) is 3.62. The molecule has 0 unspecified atom stereocenters. The first-order chi connectivity index (χ1) is 9.71. The van der Waals surface area contributed by atoms with E-state index in [1.807, 2.05) is 0 Å². The average Bonchev–Trinajstić information content (AvgIpc) is 3.36. The summed E-state index contributed by atoms with van der Waals surface area (Å²) in [5, 5.41) is 0. The second-order valence-corrected chi connectivity index (χ2v) is 6.93. The Morgan fingerprint density at radius 3 is 2.40 bits per heavy atom. The average molecular weight is 377 g/mol. The van der Waals surface area contributed by atoms with E-state index in [0.717, 1.165) is 22.2 Å². The molecule has 4 rings (SSSR count). The van der Waals surface area contributed by atoms with Gasteiger partial charge in [0.05, 0.1) is 14.7 Å². The van der Waals surface area contributed by atoms with Gasteiger partial charge in [0.15, 0.2) is 0 Å². The Morgan fingerprint density at radius 2 is 1.80 bits per heavy atom. The molecule has 2 aromatic rings. The molecule has 20 heavy (non-hydrogen) atoms. The Hall–Kier alpha value is -1.17. The van der Waals surface area contributed by atoms with Gasteiger partial charge in [-0.2, -0.15) is 0 Å². The second kappa shape index (κ2) is 4.41. The van der Waals surface area contributed by atoms with E-state index in [1.165, 1.54) is 24.1 Å². The third-order valence-electron chi connectivity index (χ3n) is 4.37. The first-order valence-electron chi connectivity index (χ1n) is 7.10. The van der Waals surface area contributed by atoms with Crippen LogP contribution >= 0.6 is 22.6 Å². The Bertz CT molecular complexity index is 661. The number of hydrogen-bond acceptors (Lipinski definition) is 3. The summed E-state index contributed by atoms with van der Waals surface area (Å²) in [6.45, 7) is 0. The summed E-state index contributed by atoms with van der Waals surface area (Å²) in [6.07, 6.45) is 4.73. The SMILES string of the molecule is Nc1nc(C2(c3ccccc3)CC2)nc(C2CC2)c1I. The number of nitrogens with two attached hydrogens (primary N) is 1. The normalized spacial score (nSPS) is 19.9. The van der Waals surface area contributed by atoms with Gasteiger partial charge >= 0.3 is 0 Å². The highest BCUT2D eigenvalue weighted by atomic mass is 127. The van der Waals surface area contributed by atoms with Crippen LogP contribution in [-0.2, 0) is 5.41 Å². The Labute approximate surface area is 132 Å². The molecular formula is C16H16IN3. The molecule has 3 nitrogen and oxygen atoms in total. The standard InChI is InChI=1S/C16H16IN3/c17-12-13(10-6-7-10)19-15(20-14(12)18)16(8-9-16)11-4-2-1-3-5-11/h1-5,10H,6-9H2,(H2,18,19,20). The highest BCUT2D eigenvalue weighted by Crippen LogP contribution is 2.53. The van der Waals surface area contributed by atoms with E-state index in [1.54, 1.807) is 0 Å². The number of benzene rings is 1. The molecule has 2 aliphatic rings. The van der Waals surface area contributed by atoms with Crippen molar-refractivity contribution in [3.63, 3.8) is 0 Å². The number of rotatable bonds is 3. The van der Waals surface area contributed by atoms with Crippen molar-refractivity contribution in [3.8, 4) is 0 Å². The van der Waals surface area contributed by atoms with Crippen LogP contribution in [0.4, 0.5) is 5.82 Å². The molecule has 0 radical (unpaired) electrons. The lowest BCUT2D eigenvalue weighted by molar-refractivity contribution is 0.739. The van der Waals surface area contributed by atoms with Crippen LogP contribution in [0.15, 0.2) is 30.3 Å². The highest BCUT2D eigenvalue weighted by molar-refractivity contribution is 14.1. The summed E-state index contributed by atoms with van der Waals surface area (Å²) >= 11 is 2.29. The van der Waals surface area contributed by atoms with E-state index in [-0.39, 0.29) is 5.41 Å². The number of hydrogen-bond donors (Lipinski definition) is 1. The summed E-state index contributed by atoms with van der Waals surface area (Å²) in [6, 6.07) is 10.6. The van der Waals surface area contributed by atoms with E-state index < -0.39 is 0 Å². The van der Waals surface area contributed by atoms with Gasteiger partial charge in [-0.25, -0.2) is 9.97 Å². The van der Waals surface area contributed by atoms with Gasteiger partial charge in [0, 0.05) is 5.92 Å². The van der Waals surface area contributed by atoms with Crippen molar-refractivity contribution in [3.05, 3.63) is 51.0 Å². The van der Waals surface area contributed by atoms with Gasteiger partial charge in [-0.05, 0) is 53.8 Å². The van der Waals surface area contributed by atoms with Crippen LogP contribution in [0.5, 0.6) is 0 Å². The van der Waals surface area contributed by atoms with Gasteiger partial charge in [-0.1, -0.05) is 30.3 Å². The van der Waals surface area contributed by atoms with E-state index >= 15 is 0 Å². The molecule has 4 heteroatoms. The Morgan fingerprint density at radius 1 is 1.10 bits per heavy atom. The Kier molecular flexibility index (Phi) is 2.77. The Balaban J connectivity index is 1.83. The molecule has 0 aliphatic heterocycles. The fraction of sp³-hybridized carbons (Fsp3) is 0.375. The zero-order chi connectivity index (χ0) is 13.7. The van der Waals surface area contributed by atoms with E-state index in [9.17, 15) is 0 Å². The molecule has 1 aromatic carbocycles. The molecule has 2 aliphatic carbocycles. The van der Waals surface area contributed by atoms with Gasteiger partial charge in [0.1, 0.15) is 11.6 Å². The van der Waals surface area contributed by atoms with E-state index in [0.29, 0.717) is 11.7 Å². The van der Waals surface area contributed by atoms with Crippen molar-refractivity contribution in [2.45, 2.75) is 37.0 Å². The molecule has 0 saturated heterocycles. The quantitative estimate of drug-likeness (QED) is 0.832. The third-order valence-corrected chi connectivity index (χ3v) is 5.48. The number of halogens is 1. The smallest absolute Gasteiger partial charge is 0.141 e. The minimum atomic E-state index is 0.0172. The molecule has 1 aromatic heterocycles. The predicted molar refractivity (Wildman–Crippen MR) is 87.6 cm³/mol. The van der Waals surface area contributed by atoms with Crippen LogP contribution in [0.3, 0.4) is 0 Å². The van der Waals surface area contributed by atoms with Crippen molar-refractivity contribution < 1.29 is 0 Å². The summed E-state index contributed by atoms with van der Waals surface area (Å²) in [5.41, 5.74) is 8.65. The van der Waals surface area contributed by atoms with Crippen LogP contribution < -0.4 is 5.73 Å². The summed E-state index contributed by atoms with van der Waals surface area (Å²) in [7, 11) is 0. The lowest BCUT2D eigenvalue weighted by atomic mass is 9.95. The molecule has 1 heterocycles. The largest absolute Gasteiger partial charge is 0.383 e. The lowest BCUT2D eigenvalue weighted by Crippen LogP contribution is -2.17. The maximum Gasteiger partial charge on any atom is 0.141 e. The number of nitrogen functional groups attached to an aromatic ring is 1. The van der Waals surface area contributed by atoms with Gasteiger partial charge in [-0.3, -0.25) is 0 Å². The van der Waals surface area contributed by atoms with Gasteiger partial charge in [-0.15, -0.1) is 0 Å². The molecule has 2 fully saturated rings. The third kappa shape index (κ3) is 1.92. The minimum Gasteiger partial charge on any atom is -0.383 e. The van der Waals surface area contributed by atoms with Crippen LogP contribution in [-0.4, -0.2) is 9.97 Å². The van der Waals surface area contributed by atoms with Crippen molar-refractivity contribution in [2.24, 2.45) is 0 Å². The molecule has 0 amide bonds. The zero-order valence-corrected chi connectivity index (χ0v) is 13.3. The summed E-state index contributed by atoms with van der Waals surface area (Å²) in [5.74, 6) is 2.20. The molecule has 0 atom stereocenters. The summed E-state index contributed by atoms with van der Waals surface area (Å²) < 4.78 is 1.05. The molecular weight excluding hydrogens is 361 g/mol. The number of aromatic nitrogens is 2. The minimum absolute atomic E-state index is 0.0172. The summed E-state index contributed by atoms with van der Waals surface area (Å²) in [4.78, 5) is 9.52. The molecule has 0 spiro atoms. The topological polar surface area (TPSA) is 51.8 Å². The fourth-order valence-electron chi connectivity index (χ4n) is 2.85. The first-order valence-corrected chi connectivity index (χ1v) is 8.17. The van der Waals surface area contributed by atoms with Crippen LogP contribution in [0.2, 0.25) is 0 Å². The van der Waals surface area contributed by atoms with Gasteiger partial charge in [0.25, 0.3) is 0 Å². The highest BCUT2D eigenvalue weighted by Gasteiger charge is 2.49. The van der Waals surface area contributed by atoms with Gasteiger partial charge < -0.3 is 5.73 Å². The van der Waals surface area contributed by atoms with Crippen LogP contribution in [0.25, 0.3) is 0 Å². The molecule has 102 valence electrons. The maximum atomic E-state index is 6.13. The molecule has 0 bridgehead atoms. The van der Waals surface area contributed by atoms with E-state index in [2.05, 4.69) is 57.9 Å². The fourth-order valence-corrected chi connectivity index (χ4v) is 3.53. The van der Waals surface area contributed by atoms with Crippen molar-refractivity contribution >= 4 is 28.4 Å². The lowest BCUT2D eigenvalue weighted by Gasteiger charge is -2.17. The number of nitrogens with zero attached hydrogens (tertiary/aromatic N) is 2. The monoisotopic (exact) mass is 377 g/mol. The van der Waals surface area contributed by atoms with Crippen molar-refractivity contribution in [1.82, 2.24) is 9.97 Å². The second-order valence-electron chi connectivity index (χ2n) is 5.85. The van der Waals surface area contributed by atoms with Crippen molar-refractivity contribution in [1.29, 1.82) is 0 Å². The zero-order valence-electron chi connectivity index (χ0n) is 11.1. The first kappa shape index (κ1) is 12.6.